The maximum atomic E-state index is 5.67. The molecule has 1 heterocycles. The number of nitrogens with zero attached hydrogens (tertiary/aromatic N) is 2. The molecular weight excluding hydrogens is 384 g/mol. The number of hydrogen-bond acceptors (Lipinski definition) is 4. The molecule has 0 aliphatic carbocycles. The molecule has 0 unspecified atom stereocenters. The monoisotopic (exact) mass is 404 g/mol. The quantitative estimate of drug-likeness (QED) is 0.604. The van der Waals surface area contributed by atoms with E-state index in [-0.39, 0.29) is 0 Å². The van der Waals surface area contributed by atoms with Crippen LogP contribution in [0.1, 0.15) is 12.5 Å². The van der Waals surface area contributed by atoms with Gasteiger partial charge in [-0.1, -0.05) is 6.07 Å². The van der Waals surface area contributed by atoms with Gasteiger partial charge < -0.3 is 14.2 Å². The Hall–Kier alpha value is -2.05. The Bertz CT molecular complexity index is 880. The van der Waals surface area contributed by atoms with E-state index in [4.69, 9.17) is 14.2 Å². The molecule has 6 heteroatoms. The first kappa shape index (κ1) is 17.8. The van der Waals surface area contributed by atoms with Crippen LogP contribution in [0, 0.1) is 0 Å². The van der Waals surface area contributed by atoms with Gasteiger partial charge in [0.2, 0.25) is 0 Å². The highest BCUT2D eigenvalue weighted by Gasteiger charge is 2.19. The summed E-state index contributed by atoms with van der Waals surface area (Å²) < 4.78 is 19.7. The van der Waals surface area contributed by atoms with Crippen LogP contribution in [0.4, 0.5) is 0 Å². The molecular formula is C19H21BrN2O3. The Labute approximate surface area is 155 Å². The number of benzene rings is 2. The molecule has 132 valence electrons. The highest BCUT2D eigenvalue weighted by Crippen LogP contribution is 2.43. The third kappa shape index (κ3) is 3.24. The summed E-state index contributed by atoms with van der Waals surface area (Å²) in [5.74, 6) is 1.50. The molecule has 0 radical (unpaired) electrons. The fourth-order valence-corrected chi connectivity index (χ4v) is 3.60. The summed E-state index contributed by atoms with van der Waals surface area (Å²) in [5.41, 5.74) is 3.97. The first-order valence-electron chi connectivity index (χ1n) is 8.03. The van der Waals surface area contributed by atoms with Crippen molar-refractivity contribution in [2.75, 3.05) is 20.8 Å². The lowest BCUT2D eigenvalue weighted by Gasteiger charge is -2.17. The summed E-state index contributed by atoms with van der Waals surface area (Å²) in [6, 6.07) is 8.07. The SMILES string of the molecule is CCOCc1cc(OC)c(-c2ccc(Br)c3c2cnn3C)c(OC)c1. The highest BCUT2D eigenvalue weighted by molar-refractivity contribution is 9.10. The topological polar surface area (TPSA) is 45.5 Å². The van der Waals surface area contributed by atoms with Crippen molar-refractivity contribution in [2.24, 2.45) is 7.05 Å². The van der Waals surface area contributed by atoms with E-state index in [1.165, 1.54) is 0 Å². The number of halogens is 1. The molecule has 0 N–H and O–H groups in total. The van der Waals surface area contributed by atoms with Crippen LogP contribution in [0.2, 0.25) is 0 Å². The van der Waals surface area contributed by atoms with E-state index in [9.17, 15) is 0 Å². The van der Waals surface area contributed by atoms with E-state index in [0.29, 0.717) is 13.2 Å². The van der Waals surface area contributed by atoms with Crippen LogP contribution in [0.3, 0.4) is 0 Å². The molecule has 25 heavy (non-hydrogen) atoms. The largest absolute Gasteiger partial charge is 0.496 e. The first-order valence-corrected chi connectivity index (χ1v) is 8.83. The van der Waals surface area contributed by atoms with E-state index in [0.717, 1.165) is 43.6 Å². The minimum absolute atomic E-state index is 0.520. The van der Waals surface area contributed by atoms with Crippen molar-refractivity contribution in [3.63, 3.8) is 0 Å². The van der Waals surface area contributed by atoms with Gasteiger partial charge in [-0.05, 0) is 46.6 Å². The minimum atomic E-state index is 0.520. The van der Waals surface area contributed by atoms with E-state index in [1.807, 2.05) is 43.0 Å². The van der Waals surface area contributed by atoms with Crippen molar-refractivity contribution >= 4 is 26.8 Å². The highest BCUT2D eigenvalue weighted by atomic mass is 79.9. The molecule has 0 bridgehead atoms. The predicted molar refractivity (Wildman–Crippen MR) is 102 cm³/mol. The van der Waals surface area contributed by atoms with Crippen molar-refractivity contribution in [1.29, 1.82) is 0 Å². The zero-order valence-electron chi connectivity index (χ0n) is 14.8. The molecule has 5 nitrogen and oxygen atoms in total. The van der Waals surface area contributed by atoms with Gasteiger partial charge in [0, 0.05) is 29.1 Å². The molecule has 0 saturated carbocycles. The number of aryl methyl sites for hydroxylation is 1. The van der Waals surface area contributed by atoms with E-state index < -0.39 is 0 Å². The number of hydrogen-bond donors (Lipinski definition) is 0. The summed E-state index contributed by atoms with van der Waals surface area (Å²) in [6.45, 7) is 3.16. The van der Waals surface area contributed by atoms with Gasteiger partial charge in [0.25, 0.3) is 0 Å². The summed E-state index contributed by atoms with van der Waals surface area (Å²) in [5, 5.41) is 5.43. The Morgan fingerprint density at radius 2 is 1.80 bits per heavy atom. The second kappa shape index (κ2) is 7.45. The van der Waals surface area contributed by atoms with Crippen molar-refractivity contribution in [2.45, 2.75) is 13.5 Å². The molecule has 3 rings (SSSR count). The third-order valence-corrected chi connectivity index (χ3v) is 4.80. The van der Waals surface area contributed by atoms with Gasteiger partial charge in [-0.3, -0.25) is 4.68 Å². The van der Waals surface area contributed by atoms with E-state index in [1.54, 1.807) is 14.2 Å². The lowest BCUT2D eigenvalue weighted by molar-refractivity contribution is 0.133. The van der Waals surface area contributed by atoms with Crippen LogP contribution >= 0.6 is 15.9 Å². The average Bonchev–Trinajstić information content (AvgIpc) is 3.02. The fourth-order valence-electron chi connectivity index (χ4n) is 3.00. The van der Waals surface area contributed by atoms with Crippen molar-refractivity contribution < 1.29 is 14.2 Å². The molecule has 3 aromatic rings. The molecule has 0 amide bonds. The standard InChI is InChI=1S/C19H21BrN2O3/c1-5-25-11-12-8-16(23-3)18(17(9-12)24-4)13-6-7-15(20)19-14(13)10-21-22(19)2/h6-10H,5,11H2,1-4H3. The fraction of sp³-hybridized carbons (Fsp3) is 0.316. The number of rotatable bonds is 6. The molecule has 0 spiro atoms. The summed E-state index contributed by atoms with van der Waals surface area (Å²) in [7, 11) is 5.26. The van der Waals surface area contributed by atoms with Crippen LogP contribution in [0.15, 0.2) is 34.9 Å². The molecule has 0 saturated heterocycles. The Morgan fingerprint density at radius 1 is 1.12 bits per heavy atom. The minimum Gasteiger partial charge on any atom is -0.496 e. The van der Waals surface area contributed by atoms with Gasteiger partial charge in [0.05, 0.1) is 38.1 Å². The maximum Gasteiger partial charge on any atom is 0.130 e. The third-order valence-electron chi connectivity index (χ3n) is 4.16. The Morgan fingerprint density at radius 3 is 2.40 bits per heavy atom. The van der Waals surface area contributed by atoms with Gasteiger partial charge >= 0.3 is 0 Å². The number of methoxy groups -OCH3 is 2. The summed E-state index contributed by atoms with van der Waals surface area (Å²) in [6.07, 6.45) is 1.86. The van der Waals surface area contributed by atoms with Crippen molar-refractivity contribution in [1.82, 2.24) is 9.78 Å². The van der Waals surface area contributed by atoms with Crippen LogP contribution in [0.25, 0.3) is 22.0 Å². The van der Waals surface area contributed by atoms with Crippen molar-refractivity contribution in [3.05, 3.63) is 40.5 Å². The molecule has 0 aliphatic rings. The van der Waals surface area contributed by atoms with Crippen LogP contribution < -0.4 is 9.47 Å². The average molecular weight is 405 g/mol. The summed E-state index contributed by atoms with van der Waals surface area (Å²) in [4.78, 5) is 0. The number of ether oxygens (including phenoxy) is 3. The van der Waals surface area contributed by atoms with E-state index >= 15 is 0 Å². The van der Waals surface area contributed by atoms with Gasteiger partial charge in [0.15, 0.2) is 0 Å². The second-order valence-electron chi connectivity index (χ2n) is 5.64. The molecule has 2 aromatic carbocycles. The predicted octanol–water partition coefficient (Wildman–Crippen LogP) is 4.56. The molecule has 0 atom stereocenters. The van der Waals surface area contributed by atoms with Gasteiger partial charge in [0.1, 0.15) is 11.5 Å². The smallest absolute Gasteiger partial charge is 0.130 e. The van der Waals surface area contributed by atoms with Crippen molar-refractivity contribution in [3.8, 4) is 22.6 Å². The maximum absolute atomic E-state index is 5.67. The van der Waals surface area contributed by atoms with Crippen LogP contribution in [-0.2, 0) is 18.4 Å². The Kier molecular flexibility index (Phi) is 5.30. The normalized spacial score (nSPS) is 11.1. The van der Waals surface area contributed by atoms with Gasteiger partial charge in [-0.25, -0.2) is 0 Å². The Balaban J connectivity index is 2.25. The molecule has 1 aromatic heterocycles. The van der Waals surface area contributed by atoms with Gasteiger partial charge in [-0.15, -0.1) is 0 Å². The lowest BCUT2D eigenvalue weighted by Crippen LogP contribution is -1.99. The van der Waals surface area contributed by atoms with E-state index in [2.05, 4.69) is 27.1 Å². The summed E-state index contributed by atoms with van der Waals surface area (Å²) >= 11 is 3.60. The first-order chi connectivity index (χ1) is 12.1. The van der Waals surface area contributed by atoms with Crippen LogP contribution in [-0.4, -0.2) is 30.6 Å². The zero-order valence-corrected chi connectivity index (χ0v) is 16.4. The molecule has 0 fully saturated rings. The lowest BCUT2D eigenvalue weighted by atomic mass is 9.98. The number of aromatic nitrogens is 2. The zero-order chi connectivity index (χ0) is 18.0. The van der Waals surface area contributed by atoms with Gasteiger partial charge in [-0.2, -0.15) is 5.10 Å². The molecule has 0 aliphatic heterocycles. The van der Waals surface area contributed by atoms with Crippen LogP contribution in [0.5, 0.6) is 11.5 Å². The second-order valence-corrected chi connectivity index (χ2v) is 6.49. The number of fused-ring (bicyclic) bond motifs is 1.